The molecule has 4 heteroatoms. The van der Waals surface area contributed by atoms with Crippen molar-refractivity contribution in [2.45, 2.75) is 49.9 Å². The standard InChI is InChI=1S/C14H25NO3/c1-16-13-11-15(12-3-9-17-10-4-12)7-6-14(13)5-2-8-18-14/h12-13H,2-11H2,1H3/t13-,14-/m0/s1. The molecule has 4 nitrogen and oxygen atoms in total. The zero-order valence-electron chi connectivity index (χ0n) is 11.4. The van der Waals surface area contributed by atoms with E-state index in [0.29, 0.717) is 6.04 Å². The largest absolute Gasteiger partial charge is 0.381 e. The van der Waals surface area contributed by atoms with Crippen LogP contribution in [0.3, 0.4) is 0 Å². The monoisotopic (exact) mass is 255 g/mol. The van der Waals surface area contributed by atoms with E-state index < -0.39 is 0 Å². The molecule has 0 N–H and O–H groups in total. The highest BCUT2D eigenvalue weighted by molar-refractivity contribution is 4.99. The van der Waals surface area contributed by atoms with Crippen LogP contribution in [0.15, 0.2) is 0 Å². The lowest BCUT2D eigenvalue weighted by atomic mass is 9.84. The first-order valence-electron chi connectivity index (χ1n) is 7.33. The van der Waals surface area contributed by atoms with Crippen LogP contribution in [0.25, 0.3) is 0 Å². The Morgan fingerprint density at radius 1 is 1.17 bits per heavy atom. The van der Waals surface area contributed by atoms with Gasteiger partial charge in [-0.05, 0) is 32.1 Å². The average Bonchev–Trinajstić information content (AvgIpc) is 2.90. The summed E-state index contributed by atoms with van der Waals surface area (Å²) in [7, 11) is 1.83. The quantitative estimate of drug-likeness (QED) is 0.747. The van der Waals surface area contributed by atoms with Crippen LogP contribution in [0, 0.1) is 0 Å². The third kappa shape index (κ3) is 2.31. The summed E-state index contributed by atoms with van der Waals surface area (Å²) in [6, 6.07) is 0.690. The van der Waals surface area contributed by atoms with Crippen molar-refractivity contribution in [1.82, 2.24) is 4.90 Å². The summed E-state index contributed by atoms with van der Waals surface area (Å²) in [6.07, 6.45) is 6.08. The molecule has 104 valence electrons. The van der Waals surface area contributed by atoms with Crippen LogP contribution in [0.4, 0.5) is 0 Å². The molecule has 18 heavy (non-hydrogen) atoms. The highest BCUT2D eigenvalue weighted by Gasteiger charge is 2.47. The van der Waals surface area contributed by atoms with Gasteiger partial charge >= 0.3 is 0 Å². The number of ether oxygens (including phenoxy) is 3. The molecule has 0 saturated carbocycles. The number of piperidine rings is 1. The molecule has 3 heterocycles. The number of hydrogen-bond donors (Lipinski definition) is 0. The molecule has 0 aromatic heterocycles. The first-order chi connectivity index (χ1) is 8.84. The Bertz CT molecular complexity index is 272. The summed E-state index contributed by atoms with van der Waals surface area (Å²) in [5.74, 6) is 0. The molecule has 3 aliphatic heterocycles. The molecule has 3 fully saturated rings. The number of methoxy groups -OCH3 is 1. The number of nitrogens with zero attached hydrogens (tertiary/aromatic N) is 1. The fourth-order valence-corrected chi connectivity index (χ4v) is 3.81. The van der Waals surface area contributed by atoms with Gasteiger partial charge in [-0.1, -0.05) is 0 Å². The molecular formula is C14H25NO3. The normalized spacial score (nSPS) is 39.5. The Morgan fingerprint density at radius 3 is 2.67 bits per heavy atom. The topological polar surface area (TPSA) is 30.9 Å². The third-order valence-corrected chi connectivity index (χ3v) is 4.93. The second-order valence-electron chi connectivity index (χ2n) is 5.83. The lowest BCUT2D eigenvalue weighted by molar-refractivity contribution is -0.151. The molecule has 3 aliphatic rings. The van der Waals surface area contributed by atoms with Crippen molar-refractivity contribution in [2.24, 2.45) is 0 Å². The molecular weight excluding hydrogens is 230 g/mol. The van der Waals surface area contributed by atoms with Gasteiger partial charge < -0.3 is 14.2 Å². The van der Waals surface area contributed by atoms with E-state index in [-0.39, 0.29) is 11.7 Å². The van der Waals surface area contributed by atoms with Gasteiger partial charge in [0, 0.05) is 46.1 Å². The van der Waals surface area contributed by atoms with Crippen LogP contribution < -0.4 is 0 Å². The minimum absolute atomic E-state index is 0.0242. The van der Waals surface area contributed by atoms with E-state index in [1.54, 1.807) is 0 Å². The average molecular weight is 255 g/mol. The SMILES string of the molecule is CO[C@H]1CN(C2CCOCC2)CC[C@@]12CCCO2. The second kappa shape index (κ2) is 5.45. The van der Waals surface area contributed by atoms with Gasteiger partial charge in [-0.15, -0.1) is 0 Å². The van der Waals surface area contributed by atoms with E-state index in [4.69, 9.17) is 14.2 Å². The maximum Gasteiger partial charge on any atom is 0.0987 e. The summed E-state index contributed by atoms with van der Waals surface area (Å²) in [5, 5.41) is 0. The lowest BCUT2D eigenvalue weighted by Crippen LogP contribution is -2.58. The molecule has 2 atom stereocenters. The Kier molecular flexibility index (Phi) is 3.89. The number of hydrogen-bond acceptors (Lipinski definition) is 4. The van der Waals surface area contributed by atoms with Crippen molar-refractivity contribution in [3.63, 3.8) is 0 Å². The lowest BCUT2D eigenvalue weighted by Gasteiger charge is -2.47. The third-order valence-electron chi connectivity index (χ3n) is 4.93. The van der Waals surface area contributed by atoms with Crippen LogP contribution in [0.2, 0.25) is 0 Å². The summed E-state index contributed by atoms with van der Waals surface area (Å²) >= 11 is 0. The zero-order valence-corrected chi connectivity index (χ0v) is 11.4. The predicted molar refractivity (Wildman–Crippen MR) is 68.7 cm³/mol. The van der Waals surface area contributed by atoms with E-state index in [1.807, 2.05) is 7.11 Å². The van der Waals surface area contributed by atoms with Crippen molar-refractivity contribution in [3.05, 3.63) is 0 Å². The van der Waals surface area contributed by atoms with Crippen molar-refractivity contribution in [1.29, 1.82) is 0 Å². The van der Waals surface area contributed by atoms with Gasteiger partial charge in [0.1, 0.15) is 0 Å². The van der Waals surface area contributed by atoms with E-state index in [1.165, 1.54) is 25.7 Å². The highest BCUT2D eigenvalue weighted by Crippen LogP contribution is 2.38. The minimum atomic E-state index is 0.0242. The molecule has 0 aliphatic carbocycles. The molecule has 3 saturated heterocycles. The fraction of sp³-hybridized carbons (Fsp3) is 1.00. The highest BCUT2D eigenvalue weighted by atomic mass is 16.5. The Morgan fingerprint density at radius 2 is 2.00 bits per heavy atom. The molecule has 3 rings (SSSR count). The van der Waals surface area contributed by atoms with Gasteiger partial charge in [0.15, 0.2) is 0 Å². The van der Waals surface area contributed by atoms with Crippen molar-refractivity contribution in [2.75, 3.05) is 40.0 Å². The molecule has 0 aromatic rings. The molecule has 0 radical (unpaired) electrons. The van der Waals surface area contributed by atoms with Crippen LogP contribution in [0.1, 0.15) is 32.1 Å². The van der Waals surface area contributed by atoms with E-state index in [9.17, 15) is 0 Å². The molecule has 0 amide bonds. The van der Waals surface area contributed by atoms with E-state index >= 15 is 0 Å². The van der Waals surface area contributed by atoms with Gasteiger partial charge in [0.2, 0.25) is 0 Å². The zero-order chi connectivity index (χ0) is 12.4. The second-order valence-corrected chi connectivity index (χ2v) is 5.83. The van der Waals surface area contributed by atoms with Gasteiger partial charge in [-0.25, -0.2) is 0 Å². The van der Waals surface area contributed by atoms with Crippen LogP contribution in [-0.4, -0.2) is 62.7 Å². The first-order valence-corrected chi connectivity index (χ1v) is 7.33. The molecule has 0 bridgehead atoms. The summed E-state index contributed by atoms with van der Waals surface area (Å²) in [4.78, 5) is 2.60. The Balaban J connectivity index is 1.64. The summed E-state index contributed by atoms with van der Waals surface area (Å²) in [5.41, 5.74) is 0.0242. The van der Waals surface area contributed by atoms with Crippen LogP contribution in [-0.2, 0) is 14.2 Å². The molecule has 1 spiro atoms. The maximum atomic E-state index is 6.04. The van der Waals surface area contributed by atoms with Crippen molar-refractivity contribution >= 4 is 0 Å². The summed E-state index contributed by atoms with van der Waals surface area (Å²) in [6.45, 7) is 4.93. The maximum absolute atomic E-state index is 6.04. The number of likely N-dealkylation sites (tertiary alicyclic amines) is 1. The van der Waals surface area contributed by atoms with Crippen LogP contribution in [0.5, 0.6) is 0 Å². The van der Waals surface area contributed by atoms with Crippen molar-refractivity contribution in [3.8, 4) is 0 Å². The van der Waals surface area contributed by atoms with Gasteiger partial charge in [-0.3, -0.25) is 4.90 Å². The number of rotatable bonds is 2. The van der Waals surface area contributed by atoms with E-state index in [0.717, 1.165) is 39.3 Å². The van der Waals surface area contributed by atoms with Crippen molar-refractivity contribution < 1.29 is 14.2 Å². The molecule has 0 unspecified atom stereocenters. The smallest absolute Gasteiger partial charge is 0.0987 e. The van der Waals surface area contributed by atoms with Gasteiger partial charge in [-0.2, -0.15) is 0 Å². The predicted octanol–water partition coefficient (Wildman–Crippen LogP) is 1.44. The first kappa shape index (κ1) is 12.9. The van der Waals surface area contributed by atoms with Crippen LogP contribution >= 0.6 is 0 Å². The Hall–Kier alpha value is -0.160. The minimum Gasteiger partial charge on any atom is -0.381 e. The molecule has 0 aromatic carbocycles. The van der Waals surface area contributed by atoms with Gasteiger partial charge in [0.05, 0.1) is 11.7 Å². The van der Waals surface area contributed by atoms with Gasteiger partial charge in [0.25, 0.3) is 0 Å². The summed E-state index contributed by atoms with van der Waals surface area (Å²) < 4.78 is 17.3. The van der Waals surface area contributed by atoms with E-state index in [2.05, 4.69) is 4.90 Å². The fourth-order valence-electron chi connectivity index (χ4n) is 3.81. The Labute approximate surface area is 110 Å².